The molecule has 1 aliphatic heterocycles. The summed E-state index contributed by atoms with van der Waals surface area (Å²) < 4.78 is 5.55. The summed E-state index contributed by atoms with van der Waals surface area (Å²) >= 11 is 0. The highest BCUT2D eigenvalue weighted by molar-refractivity contribution is 5.98. The van der Waals surface area contributed by atoms with Crippen molar-refractivity contribution >= 4 is 22.8 Å². The second-order valence-electron chi connectivity index (χ2n) is 4.73. The van der Waals surface area contributed by atoms with Crippen LogP contribution in [0.2, 0.25) is 0 Å². The lowest BCUT2D eigenvalue weighted by atomic mass is 10.2. The molecule has 0 aliphatic carbocycles. The fourth-order valence-corrected chi connectivity index (χ4v) is 2.24. The van der Waals surface area contributed by atoms with Crippen LogP contribution in [0.4, 0.5) is 0 Å². The lowest BCUT2D eigenvalue weighted by molar-refractivity contribution is -0.123. The fourth-order valence-electron chi connectivity index (χ4n) is 2.24. The Morgan fingerprint density at radius 1 is 1.37 bits per heavy atom. The highest BCUT2D eigenvalue weighted by atomic mass is 16.3. The lowest BCUT2D eigenvalue weighted by Gasteiger charge is -2.25. The Hall–Kier alpha value is -2.30. The van der Waals surface area contributed by atoms with Crippen molar-refractivity contribution in [3.8, 4) is 0 Å². The van der Waals surface area contributed by atoms with Crippen molar-refractivity contribution < 1.29 is 14.0 Å². The van der Waals surface area contributed by atoms with Crippen molar-refractivity contribution in [2.24, 2.45) is 0 Å². The van der Waals surface area contributed by atoms with Gasteiger partial charge in [0.1, 0.15) is 12.1 Å². The molecular formula is C14H14N2O3. The summed E-state index contributed by atoms with van der Waals surface area (Å²) in [5, 5.41) is 3.60. The molecule has 0 unspecified atom stereocenters. The predicted octanol–water partition coefficient (Wildman–Crippen LogP) is 1.31. The molecule has 98 valence electrons. The van der Waals surface area contributed by atoms with E-state index >= 15 is 0 Å². The highest BCUT2D eigenvalue weighted by Crippen LogP contribution is 2.21. The molecule has 0 atom stereocenters. The number of furan rings is 1. The van der Waals surface area contributed by atoms with Crippen LogP contribution in [0.5, 0.6) is 0 Å². The third-order valence-electron chi connectivity index (χ3n) is 3.21. The van der Waals surface area contributed by atoms with Gasteiger partial charge in [0.25, 0.3) is 5.91 Å². The number of hydrogen-bond acceptors (Lipinski definition) is 3. The van der Waals surface area contributed by atoms with Crippen LogP contribution in [-0.2, 0) is 4.79 Å². The van der Waals surface area contributed by atoms with Gasteiger partial charge in [-0.25, -0.2) is 0 Å². The van der Waals surface area contributed by atoms with Gasteiger partial charge < -0.3 is 14.6 Å². The summed E-state index contributed by atoms with van der Waals surface area (Å²) in [5.41, 5.74) is 1.81. The number of carbonyl (C=O) groups excluding carboxylic acids is 2. The Balaban J connectivity index is 1.90. The van der Waals surface area contributed by atoms with Crippen molar-refractivity contribution in [2.75, 3.05) is 19.6 Å². The number of amides is 2. The van der Waals surface area contributed by atoms with E-state index in [4.69, 9.17) is 4.42 Å². The van der Waals surface area contributed by atoms with Crippen LogP contribution in [0, 0.1) is 6.92 Å². The lowest BCUT2D eigenvalue weighted by Crippen LogP contribution is -2.49. The molecule has 1 N–H and O–H groups in total. The summed E-state index contributed by atoms with van der Waals surface area (Å²) in [4.78, 5) is 25.0. The minimum Gasteiger partial charge on any atom is -0.451 e. The maximum absolute atomic E-state index is 12.3. The molecule has 2 heterocycles. The van der Waals surface area contributed by atoms with E-state index in [2.05, 4.69) is 5.32 Å². The maximum Gasteiger partial charge on any atom is 0.290 e. The first kappa shape index (κ1) is 11.8. The molecule has 0 spiro atoms. The second kappa shape index (κ2) is 4.42. The summed E-state index contributed by atoms with van der Waals surface area (Å²) in [6, 6.07) is 7.49. The first-order chi connectivity index (χ1) is 9.13. The molecule has 19 heavy (non-hydrogen) atoms. The molecule has 0 bridgehead atoms. The van der Waals surface area contributed by atoms with Crippen LogP contribution in [0.3, 0.4) is 0 Å². The van der Waals surface area contributed by atoms with Gasteiger partial charge in [-0.15, -0.1) is 0 Å². The number of nitrogens with one attached hydrogen (secondary N) is 1. The van der Waals surface area contributed by atoms with E-state index in [-0.39, 0.29) is 24.1 Å². The SMILES string of the molecule is Cc1ccc2oc(C(=O)N3CCNC(=O)C3)cc2c1. The topological polar surface area (TPSA) is 62.6 Å². The Bertz CT molecular complexity index is 660. The third kappa shape index (κ3) is 2.19. The number of nitrogens with zero attached hydrogens (tertiary/aromatic N) is 1. The summed E-state index contributed by atoms with van der Waals surface area (Å²) in [6.07, 6.45) is 0. The van der Waals surface area contributed by atoms with Crippen LogP contribution >= 0.6 is 0 Å². The van der Waals surface area contributed by atoms with E-state index in [1.54, 1.807) is 6.07 Å². The average molecular weight is 258 g/mol. The Morgan fingerprint density at radius 2 is 2.21 bits per heavy atom. The zero-order valence-corrected chi connectivity index (χ0v) is 10.6. The van der Waals surface area contributed by atoms with Gasteiger partial charge in [0, 0.05) is 18.5 Å². The predicted molar refractivity (Wildman–Crippen MR) is 69.9 cm³/mol. The molecule has 2 amide bonds. The maximum atomic E-state index is 12.3. The normalized spacial score (nSPS) is 15.6. The molecule has 0 saturated carbocycles. The second-order valence-corrected chi connectivity index (χ2v) is 4.73. The monoisotopic (exact) mass is 258 g/mol. The van der Waals surface area contributed by atoms with Crippen molar-refractivity contribution in [3.05, 3.63) is 35.6 Å². The largest absolute Gasteiger partial charge is 0.451 e. The van der Waals surface area contributed by atoms with Crippen molar-refractivity contribution in [1.82, 2.24) is 10.2 Å². The number of fused-ring (bicyclic) bond motifs is 1. The molecule has 1 saturated heterocycles. The molecular weight excluding hydrogens is 244 g/mol. The molecule has 1 aromatic carbocycles. The van der Waals surface area contributed by atoms with Gasteiger partial charge in [0.15, 0.2) is 5.76 Å². The van der Waals surface area contributed by atoms with Crippen LogP contribution in [0.25, 0.3) is 11.0 Å². The van der Waals surface area contributed by atoms with Crippen LogP contribution in [-0.4, -0.2) is 36.3 Å². The third-order valence-corrected chi connectivity index (χ3v) is 3.21. The molecule has 1 aliphatic rings. The average Bonchev–Trinajstić information content (AvgIpc) is 2.80. The minimum atomic E-state index is -0.233. The van der Waals surface area contributed by atoms with Crippen molar-refractivity contribution in [2.45, 2.75) is 6.92 Å². The smallest absolute Gasteiger partial charge is 0.290 e. The van der Waals surface area contributed by atoms with Crippen molar-refractivity contribution in [1.29, 1.82) is 0 Å². The zero-order chi connectivity index (χ0) is 13.4. The molecule has 3 rings (SSSR count). The standard InChI is InChI=1S/C14H14N2O3/c1-9-2-3-11-10(6-9)7-12(19-11)14(18)16-5-4-15-13(17)8-16/h2-3,6-7H,4-5,8H2,1H3,(H,15,17). The van der Waals surface area contributed by atoms with Crippen LogP contribution < -0.4 is 5.32 Å². The van der Waals surface area contributed by atoms with E-state index in [9.17, 15) is 9.59 Å². The van der Waals surface area contributed by atoms with Gasteiger partial charge in [-0.1, -0.05) is 11.6 Å². The molecule has 2 aromatic rings. The van der Waals surface area contributed by atoms with Gasteiger partial charge in [-0.3, -0.25) is 9.59 Å². The fraction of sp³-hybridized carbons (Fsp3) is 0.286. The Labute approximate surface area is 110 Å². The Kier molecular flexibility index (Phi) is 2.74. The molecule has 1 aromatic heterocycles. The van der Waals surface area contributed by atoms with Gasteiger partial charge >= 0.3 is 0 Å². The van der Waals surface area contributed by atoms with Crippen LogP contribution in [0.1, 0.15) is 16.1 Å². The quantitative estimate of drug-likeness (QED) is 0.839. The van der Waals surface area contributed by atoms with Gasteiger partial charge in [-0.2, -0.15) is 0 Å². The highest BCUT2D eigenvalue weighted by Gasteiger charge is 2.24. The van der Waals surface area contributed by atoms with E-state index in [0.29, 0.717) is 18.7 Å². The number of aryl methyl sites for hydroxylation is 1. The number of carbonyl (C=O) groups is 2. The first-order valence-electron chi connectivity index (χ1n) is 6.20. The molecule has 0 radical (unpaired) electrons. The van der Waals surface area contributed by atoms with Crippen molar-refractivity contribution in [3.63, 3.8) is 0 Å². The van der Waals surface area contributed by atoms with Gasteiger partial charge in [0.05, 0.1) is 0 Å². The minimum absolute atomic E-state index is 0.0922. The first-order valence-corrected chi connectivity index (χ1v) is 6.20. The van der Waals surface area contributed by atoms with Gasteiger partial charge in [0.2, 0.25) is 5.91 Å². The summed E-state index contributed by atoms with van der Waals surface area (Å²) in [7, 11) is 0. The summed E-state index contributed by atoms with van der Waals surface area (Å²) in [5.74, 6) is -0.0782. The number of piperazine rings is 1. The number of benzene rings is 1. The zero-order valence-electron chi connectivity index (χ0n) is 10.6. The molecule has 5 heteroatoms. The Morgan fingerprint density at radius 3 is 3.00 bits per heavy atom. The van der Waals surface area contributed by atoms with E-state index in [0.717, 1.165) is 10.9 Å². The van der Waals surface area contributed by atoms with E-state index in [1.165, 1.54) is 4.90 Å². The van der Waals surface area contributed by atoms with Crippen LogP contribution in [0.15, 0.2) is 28.7 Å². The summed E-state index contributed by atoms with van der Waals surface area (Å²) in [6.45, 7) is 3.09. The van der Waals surface area contributed by atoms with Gasteiger partial charge in [-0.05, 0) is 25.1 Å². The molecule has 1 fully saturated rings. The molecule has 5 nitrogen and oxygen atoms in total. The van der Waals surface area contributed by atoms with E-state index < -0.39 is 0 Å². The number of hydrogen-bond donors (Lipinski definition) is 1. The number of rotatable bonds is 1. The van der Waals surface area contributed by atoms with E-state index in [1.807, 2.05) is 25.1 Å².